The van der Waals surface area contributed by atoms with E-state index in [2.05, 4.69) is 21.4 Å². The van der Waals surface area contributed by atoms with Crippen molar-refractivity contribution in [1.82, 2.24) is 9.47 Å². The molecular weight excluding hydrogens is 344 g/mol. The summed E-state index contributed by atoms with van der Waals surface area (Å²) in [5.74, 6) is -0.569. The van der Waals surface area contributed by atoms with Crippen molar-refractivity contribution in [3.05, 3.63) is 34.1 Å². The zero-order chi connectivity index (χ0) is 19.1. The van der Waals surface area contributed by atoms with Gasteiger partial charge in [-0.2, -0.15) is 0 Å². The van der Waals surface area contributed by atoms with Gasteiger partial charge in [-0.1, -0.05) is 0 Å². The molecule has 2 N–H and O–H groups in total. The fourth-order valence-corrected chi connectivity index (χ4v) is 3.73. The average Bonchev–Trinajstić information content (AvgIpc) is 3.48. The number of esters is 1. The second-order valence-electron chi connectivity index (χ2n) is 7.45. The van der Waals surface area contributed by atoms with E-state index < -0.39 is 5.97 Å². The molecule has 0 spiro atoms. The molecule has 1 aromatic carbocycles. The molecule has 1 saturated carbocycles. The number of hydrogen-bond acceptors (Lipinski definition) is 6. The number of ether oxygens (including phenoxy) is 1. The fraction of sp³-hybridized carbons (Fsp3) is 0.500. The van der Waals surface area contributed by atoms with Crippen molar-refractivity contribution in [2.75, 3.05) is 50.5 Å². The number of benzene rings is 1. The molecule has 27 heavy (non-hydrogen) atoms. The minimum atomic E-state index is -0.569. The third-order valence-corrected chi connectivity index (χ3v) is 5.46. The van der Waals surface area contributed by atoms with Crippen LogP contribution < -0.4 is 16.1 Å². The first-order chi connectivity index (χ1) is 13.0. The van der Waals surface area contributed by atoms with Crippen LogP contribution in [0.2, 0.25) is 0 Å². The molecule has 2 aromatic rings. The third kappa shape index (κ3) is 3.27. The normalized spacial score (nSPS) is 18.1. The number of piperazine rings is 1. The van der Waals surface area contributed by atoms with Crippen molar-refractivity contribution in [2.24, 2.45) is 0 Å². The first-order valence-corrected chi connectivity index (χ1v) is 9.58. The van der Waals surface area contributed by atoms with Crippen molar-refractivity contribution < 1.29 is 9.53 Å². The number of rotatable bonds is 4. The Hall–Kier alpha value is -2.54. The fourth-order valence-electron chi connectivity index (χ4n) is 3.73. The standard InChI is InChI=1S/C20H26N4O3/c1-3-27-20(26)15-12-24(13-4-5-13)17-11-18(16(21)10-14(17)19(15)25)23-8-6-22(2)7-9-23/h10-13H,3-9,21H2,1-2H3. The van der Waals surface area contributed by atoms with E-state index in [0.717, 1.165) is 50.2 Å². The molecule has 0 bridgehead atoms. The maximum absolute atomic E-state index is 12.9. The van der Waals surface area contributed by atoms with Gasteiger partial charge in [0.15, 0.2) is 0 Å². The van der Waals surface area contributed by atoms with Crippen LogP contribution >= 0.6 is 0 Å². The Kier molecular flexibility index (Phi) is 4.55. The molecular formula is C20H26N4O3. The number of nitrogens with zero attached hydrogens (tertiary/aromatic N) is 3. The van der Waals surface area contributed by atoms with Gasteiger partial charge in [0, 0.05) is 43.8 Å². The van der Waals surface area contributed by atoms with Crippen molar-refractivity contribution in [3.8, 4) is 0 Å². The van der Waals surface area contributed by atoms with Gasteiger partial charge in [0.05, 0.1) is 23.5 Å². The molecule has 0 amide bonds. The lowest BCUT2D eigenvalue weighted by molar-refractivity contribution is 0.0524. The quantitative estimate of drug-likeness (QED) is 0.653. The maximum Gasteiger partial charge on any atom is 0.343 e. The molecule has 0 atom stereocenters. The Morgan fingerprint density at radius 3 is 2.56 bits per heavy atom. The van der Waals surface area contributed by atoms with Crippen LogP contribution in [-0.4, -0.2) is 55.3 Å². The highest BCUT2D eigenvalue weighted by Gasteiger charge is 2.28. The van der Waals surface area contributed by atoms with Gasteiger partial charge < -0.3 is 24.8 Å². The van der Waals surface area contributed by atoms with Crippen molar-refractivity contribution in [1.29, 1.82) is 0 Å². The van der Waals surface area contributed by atoms with E-state index in [4.69, 9.17) is 10.5 Å². The Morgan fingerprint density at radius 2 is 1.93 bits per heavy atom. The van der Waals surface area contributed by atoms with Crippen LogP contribution in [0.3, 0.4) is 0 Å². The summed E-state index contributed by atoms with van der Waals surface area (Å²) in [7, 11) is 2.11. The summed E-state index contributed by atoms with van der Waals surface area (Å²) in [6, 6.07) is 4.07. The number of fused-ring (bicyclic) bond motifs is 1. The molecule has 144 valence electrons. The van der Waals surface area contributed by atoms with E-state index in [1.807, 2.05) is 6.07 Å². The van der Waals surface area contributed by atoms with Crippen molar-refractivity contribution in [2.45, 2.75) is 25.8 Å². The van der Waals surface area contributed by atoms with E-state index in [0.29, 0.717) is 17.1 Å². The van der Waals surface area contributed by atoms with Crippen LogP contribution in [-0.2, 0) is 4.74 Å². The minimum absolute atomic E-state index is 0.0861. The Morgan fingerprint density at radius 1 is 1.22 bits per heavy atom. The van der Waals surface area contributed by atoms with Crippen LogP contribution in [0, 0.1) is 0 Å². The zero-order valence-corrected chi connectivity index (χ0v) is 15.9. The predicted molar refractivity (Wildman–Crippen MR) is 107 cm³/mol. The molecule has 1 aliphatic heterocycles. The number of nitrogen functional groups attached to an aromatic ring is 1. The molecule has 2 fully saturated rings. The minimum Gasteiger partial charge on any atom is -0.462 e. The monoisotopic (exact) mass is 370 g/mol. The summed E-state index contributed by atoms with van der Waals surface area (Å²) >= 11 is 0. The van der Waals surface area contributed by atoms with E-state index >= 15 is 0 Å². The van der Waals surface area contributed by atoms with Crippen LogP contribution in [0.5, 0.6) is 0 Å². The van der Waals surface area contributed by atoms with Crippen LogP contribution in [0.1, 0.15) is 36.2 Å². The summed E-state index contributed by atoms with van der Waals surface area (Å²) in [6.45, 7) is 5.74. The number of anilines is 2. The van der Waals surface area contributed by atoms with E-state index in [-0.39, 0.29) is 17.6 Å². The molecule has 4 rings (SSSR count). The largest absolute Gasteiger partial charge is 0.462 e. The van der Waals surface area contributed by atoms with Crippen LogP contribution in [0.15, 0.2) is 23.1 Å². The number of carbonyl (C=O) groups excluding carboxylic acids is 1. The van der Waals surface area contributed by atoms with Gasteiger partial charge in [-0.3, -0.25) is 4.79 Å². The maximum atomic E-state index is 12.9. The smallest absolute Gasteiger partial charge is 0.343 e. The number of aromatic nitrogens is 1. The second-order valence-corrected chi connectivity index (χ2v) is 7.45. The van der Waals surface area contributed by atoms with Gasteiger partial charge in [0.25, 0.3) is 0 Å². The lowest BCUT2D eigenvalue weighted by atomic mass is 10.1. The summed E-state index contributed by atoms with van der Waals surface area (Å²) < 4.78 is 7.13. The number of pyridine rings is 1. The average molecular weight is 370 g/mol. The SMILES string of the molecule is CCOC(=O)c1cn(C2CC2)c2cc(N3CCN(C)CC3)c(N)cc2c1=O. The first-order valence-electron chi connectivity index (χ1n) is 9.58. The van der Waals surface area contributed by atoms with E-state index in [1.165, 1.54) is 0 Å². The predicted octanol–water partition coefficient (Wildman–Crippen LogP) is 1.85. The van der Waals surface area contributed by atoms with Gasteiger partial charge in [-0.05, 0) is 38.9 Å². The zero-order valence-electron chi connectivity index (χ0n) is 15.9. The van der Waals surface area contributed by atoms with Gasteiger partial charge in [-0.25, -0.2) is 4.79 Å². The number of hydrogen-bond donors (Lipinski definition) is 1. The molecule has 2 aliphatic rings. The summed E-state index contributed by atoms with van der Waals surface area (Å²) in [4.78, 5) is 29.8. The summed E-state index contributed by atoms with van der Waals surface area (Å²) in [5, 5.41) is 0.489. The summed E-state index contributed by atoms with van der Waals surface area (Å²) in [6.07, 6.45) is 3.77. The molecule has 7 heteroatoms. The molecule has 0 radical (unpaired) electrons. The molecule has 1 aliphatic carbocycles. The van der Waals surface area contributed by atoms with Crippen molar-refractivity contribution >= 4 is 28.2 Å². The van der Waals surface area contributed by atoms with Gasteiger partial charge in [0.1, 0.15) is 5.56 Å². The lowest BCUT2D eigenvalue weighted by Crippen LogP contribution is -2.44. The van der Waals surface area contributed by atoms with Crippen LogP contribution in [0.4, 0.5) is 11.4 Å². The molecule has 1 aromatic heterocycles. The molecule has 0 unspecified atom stereocenters. The lowest BCUT2D eigenvalue weighted by Gasteiger charge is -2.35. The van der Waals surface area contributed by atoms with Gasteiger partial charge in [-0.15, -0.1) is 0 Å². The molecule has 1 saturated heterocycles. The number of nitrogens with two attached hydrogens (primary N) is 1. The third-order valence-electron chi connectivity index (χ3n) is 5.46. The van der Waals surface area contributed by atoms with Crippen molar-refractivity contribution in [3.63, 3.8) is 0 Å². The number of carbonyl (C=O) groups is 1. The Labute approximate surface area is 158 Å². The van der Waals surface area contributed by atoms with Crippen LogP contribution in [0.25, 0.3) is 10.9 Å². The van der Waals surface area contributed by atoms with Gasteiger partial charge >= 0.3 is 5.97 Å². The van der Waals surface area contributed by atoms with E-state index in [9.17, 15) is 9.59 Å². The Bertz CT molecular complexity index is 940. The highest BCUT2D eigenvalue weighted by Crippen LogP contribution is 2.38. The second kappa shape index (κ2) is 6.88. The molecule has 7 nitrogen and oxygen atoms in total. The molecule has 2 heterocycles. The summed E-state index contributed by atoms with van der Waals surface area (Å²) in [5.41, 5.74) is 8.49. The highest BCUT2D eigenvalue weighted by molar-refractivity contribution is 5.96. The Balaban J connectivity index is 1.85. The topological polar surface area (TPSA) is 80.8 Å². The first kappa shape index (κ1) is 17.9. The van der Waals surface area contributed by atoms with E-state index in [1.54, 1.807) is 19.2 Å². The number of likely N-dealkylation sites (N-methyl/N-ethyl adjacent to an activating group) is 1. The highest BCUT2D eigenvalue weighted by atomic mass is 16.5. The van der Waals surface area contributed by atoms with Gasteiger partial charge in [0.2, 0.25) is 5.43 Å².